The standard InChI is InChI=1S/C15H27N5/c1-13(2)20-6-4-14(17-20)12-18-7-9-19(10-8-18)15-3-5-16-11-15/h4,6,13,15-16H,3,5,7-12H2,1-2H3. The van der Waals surface area contributed by atoms with Crippen LogP contribution in [0.25, 0.3) is 0 Å². The summed E-state index contributed by atoms with van der Waals surface area (Å²) in [4.78, 5) is 5.19. The van der Waals surface area contributed by atoms with Gasteiger partial charge in [0.05, 0.1) is 5.69 Å². The smallest absolute Gasteiger partial charge is 0.0764 e. The van der Waals surface area contributed by atoms with Gasteiger partial charge in [0.15, 0.2) is 0 Å². The summed E-state index contributed by atoms with van der Waals surface area (Å²) in [6, 6.07) is 3.39. The maximum absolute atomic E-state index is 4.65. The van der Waals surface area contributed by atoms with E-state index in [0.717, 1.165) is 12.6 Å². The third-order valence-electron chi connectivity index (χ3n) is 4.54. The summed E-state index contributed by atoms with van der Waals surface area (Å²) < 4.78 is 2.05. The zero-order chi connectivity index (χ0) is 13.9. The molecule has 1 aromatic rings. The highest BCUT2D eigenvalue weighted by Crippen LogP contribution is 2.14. The summed E-state index contributed by atoms with van der Waals surface area (Å²) in [5, 5.41) is 8.12. The van der Waals surface area contributed by atoms with E-state index in [9.17, 15) is 0 Å². The molecule has 0 amide bonds. The minimum absolute atomic E-state index is 0.454. The molecule has 5 heteroatoms. The first-order chi connectivity index (χ1) is 9.72. The predicted octanol–water partition coefficient (Wildman–Crippen LogP) is 0.944. The first-order valence-corrected chi connectivity index (χ1v) is 7.93. The lowest BCUT2D eigenvalue weighted by atomic mass is 10.2. The second kappa shape index (κ2) is 6.24. The van der Waals surface area contributed by atoms with Crippen molar-refractivity contribution in [3.8, 4) is 0 Å². The fraction of sp³-hybridized carbons (Fsp3) is 0.800. The van der Waals surface area contributed by atoms with Crippen molar-refractivity contribution >= 4 is 0 Å². The SMILES string of the molecule is CC(C)n1ccc(CN2CCN(C3CCNC3)CC2)n1. The number of nitrogens with zero attached hydrogens (tertiary/aromatic N) is 4. The average Bonchev–Trinajstić information content (AvgIpc) is 3.10. The molecule has 5 nitrogen and oxygen atoms in total. The van der Waals surface area contributed by atoms with Gasteiger partial charge in [-0.05, 0) is 32.9 Å². The monoisotopic (exact) mass is 277 g/mol. The summed E-state index contributed by atoms with van der Waals surface area (Å²) in [7, 11) is 0. The normalized spacial score (nSPS) is 25.6. The fourth-order valence-electron chi connectivity index (χ4n) is 3.22. The van der Waals surface area contributed by atoms with Crippen molar-refractivity contribution in [2.75, 3.05) is 39.3 Å². The molecule has 1 N–H and O–H groups in total. The Morgan fingerprint density at radius 1 is 1.30 bits per heavy atom. The van der Waals surface area contributed by atoms with E-state index in [2.05, 4.69) is 51.0 Å². The summed E-state index contributed by atoms with van der Waals surface area (Å²) in [6.45, 7) is 12.5. The van der Waals surface area contributed by atoms with Gasteiger partial charge in [-0.1, -0.05) is 0 Å². The molecule has 0 aliphatic carbocycles. The highest BCUT2D eigenvalue weighted by molar-refractivity contribution is 5.00. The first-order valence-electron chi connectivity index (χ1n) is 7.93. The van der Waals surface area contributed by atoms with Crippen molar-refractivity contribution in [2.24, 2.45) is 0 Å². The highest BCUT2D eigenvalue weighted by atomic mass is 15.3. The topological polar surface area (TPSA) is 36.3 Å². The van der Waals surface area contributed by atoms with Crippen LogP contribution in [0.5, 0.6) is 0 Å². The van der Waals surface area contributed by atoms with Crippen LogP contribution in [0.3, 0.4) is 0 Å². The van der Waals surface area contributed by atoms with Crippen molar-refractivity contribution in [2.45, 2.75) is 38.9 Å². The van der Waals surface area contributed by atoms with Crippen LogP contribution in [0, 0.1) is 0 Å². The minimum atomic E-state index is 0.454. The lowest BCUT2D eigenvalue weighted by Gasteiger charge is -2.37. The van der Waals surface area contributed by atoms with E-state index >= 15 is 0 Å². The summed E-state index contributed by atoms with van der Waals surface area (Å²) in [5.74, 6) is 0. The second-order valence-electron chi connectivity index (χ2n) is 6.34. The first kappa shape index (κ1) is 14.0. The Bertz CT molecular complexity index is 414. The minimum Gasteiger partial charge on any atom is -0.315 e. The van der Waals surface area contributed by atoms with Crippen molar-refractivity contribution < 1.29 is 0 Å². The van der Waals surface area contributed by atoms with Gasteiger partial charge in [0.2, 0.25) is 0 Å². The lowest BCUT2D eigenvalue weighted by molar-refractivity contribution is 0.0972. The molecule has 3 heterocycles. The molecule has 0 aromatic carbocycles. The van der Waals surface area contributed by atoms with Crippen LogP contribution >= 0.6 is 0 Å². The van der Waals surface area contributed by atoms with Gasteiger partial charge >= 0.3 is 0 Å². The molecule has 0 spiro atoms. The van der Waals surface area contributed by atoms with Crippen LogP contribution in [0.4, 0.5) is 0 Å². The van der Waals surface area contributed by atoms with Gasteiger partial charge in [-0.15, -0.1) is 0 Å². The van der Waals surface area contributed by atoms with Crippen LogP contribution in [-0.2, 0) is 6.54 Å². The molecule has 0 saturated carbocycles. The van der Waals surface area contributed by atoms with Gasteiger partial charge in [0.25, 0.3) is 0 Å². The molecule has 1 aromatic heterocycles. The Morgan fingerprint density at radius 2 is 2.10 bits per heavy atom. The molecule has 2 fully saturated rings. The molecule has 3 rings (SSSR count). The summed E-state index contributed by atoms with van der Waals surface area (Å²) in [5.41, 5.74) is 1.20. The van der Waals surface area contributed by atoms with E-state index in [0.29, 0.717) is 6.04 Å². The van der Waals surface area contributed by atoms with Gasteiger partial charge in [-0.25, -0.2) is 0 Å². The molecule has 112 valence electrons. The average molecular weight is 277 g/mol. The van der Waals surface area contributed by atoms with E-state index in [-0.39, 0.29) is 0 Å². The maximum atomic E-state index is 4.65. The van der Waals surface area contributed by atoms with E-state index in [1.54, 1.807) is 0 Å². The van der Waals surface area contributed by atoms with Crippen LogP contribution < -0.4 is 5.32 Å². The van der Waals surface area contributed by atoms with Crippen molar-refractivity contribution in [1.29, 1.82) is 0 Å². The number of piperazine rings is 1. The number of nitrogens with one attached hydrogen (secondary N) is 1. The highest BCUT2D eigenvalue weighted by Gasteiger charge is 2.26. The zero-order valence-corrected chi connectivity index (χ0v) is 12.8. The lowest BCUT2D eigenvalue weighted by Crippen LogP contribution is -2.50. The van der Waals surface area contributed by atoms with Crippen LogP contribution in [0.1, 0.15) is 32.0 Å². The van der Waals surface area contributed by atoms with Crippen molar-refractivity contribution in [3.63, 3.8) is 0 Å². The van der Waals surface area contributed by atoms with Gasteiger partial charge < -0.3 is 5.32 Å². The van der Waals surface area contributed by atoms with Crippen molar-refractivity contribution in [3.05, 3.63) is 18.0 Å². The number of hydrogen-bond acceptors (Lipinski definition) is 4. The number of aromatic nitrogens is 2. The summed E-state index contributed by atoms with van der Waals surface area (Å²) >= 11 is 0. The Hall–Kier alpha value is -0.910. The van der Waals surface area contributed by atoms with E-state index < -0.39 is 0 Å². The Balaban J connectivity index is 1.48. The Labute approximate surface area is 121 Å². The molecule has 0 bridgehead atoms. The van der Waals surface area contributed by atoms with Crippen LogP contribution in [0.2, 0.25) is 0 Å². The third kappa shape index (κ3) is 3.22. The van der Waals surface area contributed by atoms with E-state index in [1.165, 1.54) is 51.4 Å². The molecular formula is C15H27N5. The van der Waals surface area contributed by atoms with Crippen molar-refractivity contribution in [1.82, 2.24) is 24.9 Å². The number of hydrogen-bond donors (Lipinski definition) is 1. The fourth-order valence-corrected chi connectivity index (χ4v) is 3.22. The number of rotatable bonds is 4. The molecule has 2 aliphatic rings. The molecular weight excluding hydrogens is 250 g/mol. The van der Waals surface area contributed by atoms with Crippen LogP contribution in [-0.4, -0.2) is 64.9 Å². The molecule has 20 heavy (non-hydrogen) atoms. The largest absolute Gasteiger partial charge is 0.315 e. The Morgan fingerprint density at radius 3 is 2.70 bits per heavy atom. The zero-order valence-electron chi connectivity index (χ0n) is 12.8. The van der Waals surface area contributed by atoms with Crippen LogP contribution in [0.15, 0.2) is 12.3 Å². The molecule has 2 saturated heterocycles. The van der Waals surface area contributed by atoms with E-state index in [4.69, 9.17) is 0 Å². The van der Waals surface area contributed by atoms with Gasteiger partial charge in [-0.2, -0.15) is 5.10 Å². The molecule has 1 atom stereocenters. The van der Waals surface area contributed by atoms with Gasteiger partial charge in [0.1, 0.15) is 0 Å². The van der Waals surface area contributed by atoms with E-state index in [1.807, 2.05) is 0 Å². The molecule has 1 unspecified atom stereocenters. The third-order valence-corrected chi connectivity index (χ3v) is 4.54. The summed E-state index contributed by atoms with van der Waals surface area (Å²) in [6.07, 6.45) is 3.42. The Kier molecular flexibility index (Phi) is 4.38. The molecule has 2 aliphatic heterocycles. The van der Waals surface area contributed by atoms with Gasteiger partial charge in [-0.3, -0.25) is 14.5 Å². The molecule has 0 radical (unpaired) electrons. The maximum Gasteiger partial charge on any atom is 0.0764 e. The predicted molar refractivity (Wildman–Crippen MR) is 80.7 cm³/mol. The van der Waals surface area contributed by atoms with Gasteiger partial charge in [0, 0.05) is 57.5 Å². The quantitative estimate of drug-likeness (QED) is 0.889. The second-order valence-corrected chi connectivity index (χ2v) is 6.34.